The molecule has 12 heteroatoms. The maximum absolute atomic E-state index is 13.1. The van der Waals surface area contributed by atoms with Gasteiger partial charge in [0.1, 0.15) is 24.3 Å². The predicted molar refractivity (Wildman–Crippen MR) is 104 cm³/mol. The molecule has 1 N–H and O–H groups in total. The normalized spacial score (nSPS) is 12.1. The summed E-state index contributed by atoms with van der Waals surface area (Å²) < 4.78 is 26.8. The van der Waals surface area contributed by atoms with Gasteiger partial charge in [-0.2, -0.15) is 9.36 Å². The van der Waals surface area contributed by atoms with Crippen LogP contribution in [0.1, 0.15) is 24.2 Å². The average molecular weight is 426 g/mol. The van der Waals surface area contributed by atoms with E-state index in [4.69, 9.17) is 9.47 Å². The Morgan fingerprint density at radius 1 is 0.935 bits per heavy atom. The Bertz CT molecular complexity index is 1110. The van der Waals surface area contributed by atoms with Crippen molar-refractivity contribution in [2.45, 2.75) is 19.1 Å². The van der Waals surface area contributed by atoms with Crippen LogP contribution in [-0.4, -0.2) is 59.2 Å². The average Bonchev–Trinajstić information content (AvgIpc) is 3.47. The van der Waals surface area contributed by atoms with Crippen LogP contribution in [0.5, 0.6) is 5.75 Å². The van der Waals surface area contributed by atoms with E-state index in [1.807, 2.05) is 24.3 Å². The van der Waals surface area contributed by atoms with E-state index in [2.05, 4.69) is 31.1 Å². The standard InChI is InChI=1S/C19H19FN8O3/c1-30-16-8-6-14(7-9-16)27-18(21-23-25-27)12-31-11-10-17(29)19-22-24-26-28(19)15-4-2-13(20)3-5-15/h2-9,17,29H,10-12H2,1H3. The molecule has 0 aliphatic heterocycles. The van der Waals surface area contributed by atoms with Gasteiger partial charge < -0.3 is 14.6 Å². The van der Waals surface area contributed by atoms with E-state index in [-0.39, 0.29) is 31.3 Å². The molecule has 0 radical (unpaired) electrons. The van der Waals surface area contributed by atoms with Crippen LogP contribution in [-0.2, 0) is 11.3 Å². The second-order valence-corrected chi connectivity index (χ2v) is 6.49. The number of benzene rings is 2. The van der Waals surface area contributed by atoms with Gasteiger partial charge in [-0.3, -0.25) is 0 Å². The van der Waals surface area contributed by atoms with Crippen LogP contribution in [0, 0.1) is 5.82 Å². The zero-order valence-corrected chi connectivity index (χ0v) is 16.5. The lowest BCUT2D eigenvalue weighted by molar-refractivity contribution is 0.0653. The highest BCUT2D eigenvalue weighted by Gasteiger charge is 2.18. The Hall–Kier alpha value is -3.77. The molecule has 160 valence electrons. The van der Waals surface area contributed by atoms with Crippen molar-refractivity contribution in [2.24, 2.45) is 0 Å². The molecular formula is C19H19FN8O3. The van der Waals surface area contributed by atoms with Crippen LogP contribution in [0.3, 0.4) is 0 Å². The summed E-state index contributed by atoms with van der Waals surface area (Å²) in [6, 6.07) is 12.9. The molecule has 31 heavy (non-hydrogen) atoms. The first-order chi connectivity index (χ1) is 15.2. The molecule has 0 fully saturated rings. The molecule has 0 spiro atoms. The number of aliphatic hydroxyl groups excluding tert-OH is 1. The first kappa shape index (κ1) is 20.5. The van der Waals surface area contributed by atoms with Crippen molar-refractivity contribution in [1.29, 1.82) is 0 Å². The summed E-state index contributed by atoms with van der Waals surface area (Å²) in [5.74, 6) is 1.10. The van der Waals surface area contributed by atoms with Gasteiger partial charge in [-0.15, -0.1) is 10.2 Å². The van der Waals surface area contributed by atoms with Gasteiger partial charge in [0.25, 0.3) is 0 Å². The Morgan fingerprint density at radius 2 is 1.58 bits per heavy atom. The molecule has 0 saturated heterocycles. The van der Waals surface area contributed by atoms with Gasteiger partial charge in [0.2, 0.25) is 0 Å². The number of rotatable bonds is 9. The van der Waals surface area contributed by atoms with Crippen LogP contribution < -0.4 is 4.74 Å². The second-order valence-electron chi connectivity index (χ2n) is 6.49. The summed E-state index contributed by atoms with van der Waals surface area (Å²) in [5, 5.41) is 33.4. The summed E-state index contributed by atoms with van der Waals surface area (Å²) in [4.78, 5) is 0. The molecule has 2 aromatic carbocycles. The molecule has 4 rings (SSSR count). The van der Waals surface area contributed by atoms with Crippen molar-refractivity contribution in [2.75, 3.05) is 13.7 Å². The van der Waals surface area contributed by atoms with Gasteiger partial charge in [-0.1, -0.05) is 0 Å². The van der Waals surface area contributed by atoms with Gasteiger partial charge in [0.15, 0.2) is 11.6 Å². The lowest BCUT2D eigenvalue weighted by atomic mass is 10.2. The third-order valence-corrected chi connectivity index (χ3v) is 4.48. The van der Waals surface area contributed by atoms with E-state index in [9.17, 15) is 9.50 Å². The van der Waals surface area contributed by atoms with Gasteiger partial charge in [0.05, 0.1) is 25.1 Å². The summed E-state index contributed by atoms with van der Waals surface area (Å²) >= 11 is 0. The molecule has 2 aromatic heterocycles. The van der Waals surface area contributed by atoms with Crippen molar-refractivity contribution in [3.8, 4) is 17.1 Å². The third-order valence-electron chi connectivity index (χ3n) is 4.48. The number of tetrazole rings is 2. The summed E-state index contributed by atoms with van der Waals surface area (Å²) in [6.45, 7) is 0.363. The monoisotopic (exact) mass is 426 g/mol. The number of hydrogen-bond acceptors (Lipinski definition) is 9. The molecule has 0 bridgehead atoms. The molecule has 2 heterocycles. The minimum absolute atomic E-state index is 0.147. The minimum atomic E-state index is -0.974. The SMILES string of the molecule is COc1ccc(-n2nnnc2COCCC(O)c2nnnn2-c2ccc(F)cc2)cc1. The minimum Gasteiger partial charge on any atom is -0.497 e. The second kappa shape index (κ2) is 9.36. The molecule has 1 atom stereocenters. The fourth-order valence-corrected chi connectivity index (χ4v) is 2.88. The number of aliphatic hydroxyl groups is 1. The van der Waals surface area contributed by atoms with Crippen LogP contribution in [0.25, 0.3) is 11.4 Å². The molecule has 0 aliphatic carbocycles. The summed E-state index contributed by atoms with van der Waals surface area (Å²) in [7, 11) is 1.60. The fourth-order valence-electron chi connectivity index (χ4n) is 2.88. The van der Waals surface area contributed by atoms with Crippen LogP contribution in [0.4, 0.5) is 4.39 Å². The van der Waals surface area contributed by atoms with Crippen LogP contribution in [0.15, 0.2) is 48.5 Å². The number of nitrogens with zero attached hydrogens (tertiary/aromatic N) is 8. The topological polar surface area (TPSA) is 126 Å². The Balaban J connectivity index is 1.34. The Morgan fingerprint density at radius 3 is 2.32 bits per heavy atom. The first-order valence-corrected chi connectivity index (χ1v) is 9.37. The van der Waals surface area contributed by atoms with E-state index in [1.54, 1.807) is 11.8 Å². The molecule has 0 amide bonds. The van der Waals surface area contributed by atoms with Crippen molar-refractivity contribution >= 4 is 0 Å². The van der Waals surface area contributed by atoms with E-state index >= 15 is 0 Å². The zero-order chi connectivity index (χ0) is 21.6. The zero-order valence-electron chi connectivity index (χ0n) is 16.5. The smallest absolute Gasteiger partial charge is 0.185 e. The van der Waals surface area contributed by atoms with Crippen molar-refractivity contribution < 1.29 is 19.0 Å². The molecular weight excluding hydrogens is 407 g/mol. The van der Waals surface area contributed by atoms with E-state index < -0.39 is 6.10 Å². The van der Waals surface area contributed by atoms with Gasteiger partial charge >= 0.3 is 0 Å². The largest absolute Gasteiger partial charge is 0.497 e. The van der Waals surface area contributed by atoms with Gasteiger partial charge in [-0.25, -0.2) is 4.39 Å². The number of hydrogen-bond donors (Lipinski definition) is 1. The predicted octanol–water partition coefficient (Wildman–Crippen LogP) is 1.43. The summed E-state index contributed by atoms with van der Waals surface area (Å²) in [5.41, 5.74) is 1.31. The van der Waals surface area contributed by atoms with E-state index in [0.717, 1.165) is 11.4 Å². The maximum atomic E-state index is 13.1. The Labute approximate surface area is 176 Å². The molecule has 0 aliphatic rings. The lowest BCUT2D eigenvalue weighted by Crippen LogP contribution is -2.12. The van der Waals surface area contributed by atoms with E-state index in [1.165, 1.54) is 28.9 Å². The fraction of sp³-hybridized carbons (Fsp3) is 0.263. The van der Waals surface area contributed by atoms with Crippen LogP contribution in [0.2, 0.25) is 0 Å². The molecule has 0 saturated carbocycles. The third kappa shape index (κ3) is 4.70. The first-order valence-electron chi connectivity index (χ1n) is 9.37. The molecule has 4 aromatic rings. The van der Waals surface area contributed by atoms with Crippen molar-refractivity contribution in [3.63, 3.8) is 0 Å². The quantitative estimate of drug-likeness (QED) is 0.396. The lowest BCUT2D eigenvalue weighted by Gasteiger charge is -2.11. The summed E-state index contributed by atoms with van der Waals surface area (Å²) in [6.07, 6.45) is -0.733. The number of ether oxygens (including phenoxy) is 2. The van der Waals surface area contributed by atoms with E-state index in [0.29, 0.717) is 11.5 Å². The molecule has 1 unspecified atom stereocenters. The number of halogens is 1. The highest BCUT2D eigenvalue weighted by atomic mass is 19.1. The highest BCUT2D eigenvalue weighted by Crippen LogP contribution is 2.18. The van der Waals surface area contributed by atoms with Crippen molar-refractivity contribution in [3.05, 3.63) is 66.0 Å². The van der Waals surface area contributed by atoms with Crippen LogP contribution >= 0.6 is 0 Å². The van der Waals surface area contributed by atoms with Crippen molar-refractivity contribution in [1.82, 2.24) is 40.4 Å². The van der Waals surface area contributed by atoms with Gasteiger partial charge in [0, 0.05) is 6.42 Å². The Kier molecular flexibility index (Phi) is 6.19. The molecule has 11 nitrogen and oxygen atoms in total. The number of methoxy groups -OCH3 is 1. The van der Waals surface area contributed by atoms with Gasteiger partial charge in [-0.05, 0) is 69.4 Å². The number of aromatic nitrogens is 8. The maximum Gasteiger partial charge on any atom is 0.185 e. The highest BCUT2D eigenvalue weighted by molar-refractivity contribution is 5.37.